The zero-order chi connectivity index (χ0) is 12.7. The van der Waals surface area contributed by atoms with E-state index in [0.717, 1.165) is 12.0 Å². The molecule has 0 heterocycles. The Morgan fingerprint density at radius 1 is 1.18 bits per heavy atom. The summed E-state index contributed by atoms with van der Waals surface area (Å²) in [4.78, 5) is 23.7. The second kappa shape index (κ2) is 6.52. The zero-order valence-corrected chi connectivity index (χ0v) is 10.1. The highest BCUT2D eigenvalue weighted by molar-refractivity contribution is 5.93. The number of carbonyl (C=O) groups is 2. The number of amides is 4. The van der Waals surface area contributed by atoms with E-state index in [0.29, 0.717) is 6.54 Å². The van der Waals surface area contributed by atoms with Gasteiger partial charge in [0.1, 0.15) is 0 Å². The lowest BCUT2D eigenvalue weighted by atomic mass is 10.1. The Labute approximate surface area is 101 Å². The van der Waals surface area contributed by atoms with Crippen LogP contribution in [-0.2, 0) is 6.42 Å². The first-order chi connectivity index (χ1) is 8.09. The summed E-state index contributed by atoms with van der Waals surface area (Å²) in [5.41, 5.74) is 1.15. The van der Waals surface area contributed by atoms with Gasteiger partial charge in [0.25, 0.3) is 0 Å². The molecule has 17 heavy (non-hydrogen) atoms. The van der Waals surface area contributed by atoms with Crippen molar-refractivity contribution in [1.82, 2.24) is 15.5 Å². The molecule has 1 rings (SSSR count). The second-order valence-electron chi connectivity index (χ2n) is 3.82. The SMILES string of the molecule is CN(C)C(=O)NC(=O)NCCc1ccccc1. The molecular weight excluding hydrogens is 218 g/mol. The Balaban J connectivity index is 2.23. The van der Waals surface area contributed by atoms with E-state index in [9.17, 15) is 9.59 Å². The van der Waals surface area contributed by atoms with Crippen LogP contribution in [0.4, 0.5) is 9.59 Å². The van der Waals surface area contributed by atoms with Crippen molar-refractivity contribution in [2.75, 3.05) is 20.6 Å². The maximum atomic E-state index is 11.3. The van der Waals surface area contributed by atoms with E-state index in [2.05, 4.69) is 10.6 Å². The first-order valence-electron chi connectivity index (χ1n) is 5.39. The minimum atomic E-state index is -0.473. The highest BCUT2D eigenvalue weighted by atomic mass is 16.2. The van der Waals surface area contributed by atoms with Crippen molar-refractivity contribution >= 4 is 12.1 Å². The van der Waals surface area contributed by atoms with Crippen molar-refractivity contribution in [3.05, 3.63) is 35.9 Å². The number of benzene rings is 1. The number of urea groups is 2. The van der Waals surface area contributed by atoms with Gasteiger partial charge in [-0.05, 0) is 12.0 Å². The van der Waals surface area contributed by atoms with Crippen LogP contribution in [0.3, 0.4) is 0 Å². The summed E-state index contributed by atoms with van der Waals surface area (Å²) in [6.07, 6.45) is 0.740. The first-order valence-corrected chi connectivity index (χ1v) is 5.39. The van der Waals surface area contributed by atoms with Gasteiger partial charge in [-0.1, -0.05) is 30.3 Å². The van der Waals surface area contributed by atoms with E-state index in [1.54, 1.807) is 14.1 Å². The Morgan fingerprint density at radius 3 is 2.41 bits per heavy atom. The van der Waals surface area contributed by atoms with Crippen LogP contribution < -0.4 is 10.6 Å². The van der Waals surface area contributed by atoms with Crippen molar-refractivity contribution in [3.8, 4) is 0 Å². The maximum Gasteiger partial charge on any atom is 0.324 e. The molecule has 5 heteroatoms. The van der Waals surface area contributed by atoms with Crippen molar-refractivity contribution in [1.29, 1.82) is 0 Å². The van der Waals surface area contributed by atoms with Gasteiger partial charge in [0.05, 0.1) is 0 Å². The lowest BCUT2D eigenvalue weighted by Gasteiger charge is -2.11. The zero-order valence-electron chi connectivity index (χ0n) is 10.1. The fourth-order valence-electron chi connectivity index (χ4n) is 1.22. The molecule has 0 atom stereocenters. The van der Waals surface area contributed by atoms with E-state index in [-0.39, 0.29) is 0 Å². The predicted octanol–water partition coefficient (Wildman–Crippen LogP) is 1.21. The molecule has 5 nitrogen and oxygen atoms in total. The maximum absolute atomic E-state index is 11.3. The third kappa shape index (κ3) is 5.01. The Kier molecular flexibility index (Phi) is 5.00. The van der Waals surface area contributed by atoms with Crippen molar-refractivity contribution < 1.29 is 9.59 Å². The van der Waals surface area contributed by atoms with Crippen molar-refractivity contribution in [2.45, 2.75) is 6.42 Å². The molecule has 0 radical (unpaired) electrons. The molecule has 2 N–H and O–H groups in total. The van der Waals surface area contributed by atoms with Crippen molar-refractivity contribution in [2.24, 2.45) is 0 Å². The number of nitrogens with one attached hydrogen (secondary N) is 2. The first kappa shape index (κ1) is 13.0. The van der Waals surface area contributed by atoms with Gasteiger partial charge in [-0.25, -0.2) is 9.59 Å². The van der Waals surface area contributed by atoms with E-state index < -0.39 is 12.1 Å². The summed E-state index contributed by atoms with van der Waals surface area (Å²) in [5, 5.41) is 4.82. The molecule has 0 saturated carbocycles. The van der Waals surface area contributed by atoms with Crippen LogP contribution in [0.2, 0.25) is 0 Å². The number of hydrogen-bond acceptors (Lipinski definition) is 2. The standard InChI is InChI=1S/C12H17N3O2/c1-15(2)12(17)14-11(16)13-9-8-10-6-4-3-5-7-10/h3-7H,8-9H2,1-2H3,(H2,13,14,16,17). The Bertz CT molecular complexity index is 377. The van der Waals surface area contributed by atoms with Gasteiger partial charge in [-0.2, -0.15) is 0 Å². The smallest absolute Gasteiger partial charge is 0.324 e. The molecule has 0 unspecified atom stereocenters. The van der Waals surface area contributed by atoms with E-state index >= 15 is 0 Å². The summed E-state index contributed by atoms with van der Waals surface area (Å²) < 4.78 is 0. The second-order valence-corrected chi connectivity index (χ2v) is 3.82. The van der Waals surface area contributed by atoms with Crippen LogP contribution >= 0.6 is 0 Å². The summed E-state index contributed by atoms with van der Waals surface area (Å²) in [6.45, 7) is 0.497. The summed E-state index contributed by atoms with van der Waals surface area (Å²) in [7, 11) is 3.15. The molecule has 0 aromatic heterocycles. The summed E-state index contributed by atoms with van der Waals surface area (Å²) in [6, 6.07) is 8.92. The van der Waals surface area contributed by atoms with Crippen LogP contribution in [-0.4, -0.2) is 37.6 Å². The van der Waals surface area contributed by atoms with Crippen molar-refractivity contribution in [3.63, 3.8) is 0 Å². The third-order valence-corrected chi connectivity index (χ3v) is 2.17. The molecule has 0 aliphatic carbocycles. The number of hydrogen-bond donors (Lipinski definition) is 2. The van der Waals surface area contributed by atoms with Gasteiger partial charge in [-0.15, -0.1) is 0 Å². The molecule has 4 amide bonds. The number of carbonyl (C=O) groups excluding carboxylic acids is 2. The predicted molar refractivity (Wildman–Crippen MR) is 65.8 cm³/mol. The molecule has 0 aliphatic rings. The molecule has 1 aromatic carbocycles. The Hall–Kier alpha value is -2.04. The minimum absolute atomic E-state index is 0.429. The molecule has 0 spiro atoms. The van der Waals surface area contributed by atoms with Crippen LogP contribution in [0.25, 0.3) is 0 Å². The number of imide groups is 1. The lowest BCUT2D eigenvalue weighted by Crippen LogP contribution is -2.44. The van der Waals surface area contributed by atoms with E-state index in [1.165, 1.54) is 4.90 Å². The monoisotopic (exact) mass is 235 g/mol. The van der Waals surface area contributed by atoms with Crippen LogP contribution in [0.5, 0.6) is 0 Å². The molecule has 0 bridgehead atoms. The van der Waals surface area contributed by atoms with Gasteiger partial charge in [0.2, 0.25) is 0 Å². The molecule has 0 saturated heterocycles. The minimum Gasteiger partial charge on any atom is -0.337 e. The van der Waals surface area contributed by atoms with Gasteiger partial charge < -0.3 is 10.2 Å². The largest absolute Gasteiger partial charge is 0.337 e. The fraction of sp³-hybridized carbons (Fsp3) is 0.333. The highest BCUT2D eigenvalue weighted by Crippen LogP contribution is 1.97. The summed E-state index contributed by atoms with van der Waals surface area (Å²) >= 11 is 0. The van der Waals surface area contributed by atoms with Crippen LogP contribution in [0.15, 0.2) is 30.3 Å². The average Bonchev–Trinajstić information content (AvgIpc) is 2.30. The molecular formula is C12H17N3O2. The quantitative estimate of drug-likeness (QED) is 0.827. The lowest BCUT2D eigenvalue weighted by molar-refractivity contribution is 0.211. The van der Waals surface area contributed by atoms with Gasteiger partial charge >= 0.3 is 12.1 Å². The highest BCUT2D eigenvalue weighted by Gasteiger charge is 2.07. The van der Waals surface area contributed by atoms with Gasteiger partial charge in [0.15, 0.2) is 0 Å². The average molecular weight is 235 g/mol. The molecule has 0 aliphatic heterocycles. The Morgan fingerprint density at radius 2 is 1.82 bits per heavy atom. The van der Waals surface area contributed by atoms with E-state index in [1.807, 2.05) is 30.3 Å². The molecule has 92 valence electrons. The summed E-state index contributed by atoms with van der Waals surface area (Å²) in [5.74, 6) is 0. The molecule has 0 fully saturated rings. The van der Waals surface area contributed by atoms with Gasteiger partial charge in [0, 0.05) is 20.6 Å². The normalized spacial score (nSPS) is 9.53. The van der Waals surface area contributed by atoms with Crippen LogP contribution in [0.1, 0.15) is 5.56 Å². The van der Waals surface area contributed by atoms with Crippen LogP contribution in [0, 0.1) is 0 Å². The molecule has 1 aromatic rings. The topological polar surface area (TPSA) is 61.4 Å². The number of rotatable bonds is 3. The van der Waals surface area contributed by atoms with E-state index in [4.69, 9.17) is 0 Å². The van der Waals surface area contributed by atoms with Gasteiger partial charge in [-0.3, -0.25) is 5.32 Å². The number of nitrogens with zero attached hydrogens (tertiary/aromatic N) is 1. The third-order valence-electron chi connectivity index (χ3n) is 2.17. The fourth-order valence-corrected chi connectivity index (χ4v) is 1.22.